The minimum absolute atomic E-state index is 0.00269. The lowest BCUT2D eigenvalue weighted by molar-refractivity contribution is -0.000347. The van der Waals surface area contributed by atoms with Crippen molar-refractivity contribution in [2.75, 3.05) is 6.61 Å². The smallest absolute Gasteiger partial charge is 0.143 e. The van der Waals surface area contributed by atoms with Gasteiger partial charge in [0.05, 0.1) is 6.61 Å². The quantitative estimate of drug-likeness (QED) is 0.358. The zero-order chi connectivity index (χ0) is 21.2. The number of phenolic OH excluding ortho intramolecular Hbond substituents is 1. The minimum Gasteiger partial charge on any atom is -0.508 e. The maximum Gasteiger partial charge on any atom is 0.143 e. The molecule has 0 atom stereocenters. The van der Waals surface area contributed by atoms with E-state index in [2.05, 4.69) is 72.8 Å². The summed E-state index contributed by atoms with van der Waals surface area (Å²) in [6, 6.07) is 39.1. The van der Waals surface area contributed by atoms with Gasteiger partial charge in [-0.2, -0.15) is 0 Å². The van der Waals surface area contributed by atoms with Crippen molar-refractivity contribution in [3.8, 4) is 5.75 Å². The van der Waals surface area contributed by atoms with Crippen LogP contribution in [-0.2, 0) is 15.8 Å². The van der Waals surface area contributed by atoms with Gasteiger partial charge in [-0.3, -0.25) is 0 Å². The van der Waals surface area contributed by atoms with E-state index in [-0.39, 0.29) is 5.41 Å². The van der Waals surface area contributed by atoms with Crippen LogP contribution in [0.1, 0.15) is 35.1 Å². The van der Waals surface area contributed by atoms with Crippen LogP contribution in [0.2, 0.25) is 0 Å². The Bertz CT molecular complexity index is 1020. The third kappa shape index (κ3) is 3.64. The highest BCUT2D eigenvalue weighted by Gasteiger charge is 2.48. The molecule has 1 aliphatic rings. The van der Waals surface area contributed by atoms with E-state index >= 15 is 0 Å². The summed E-state index contributed by atoms with van der Waals surface area (Å²) in [5, 5.41) is 9.72. The Kier molecular flexibility index (Phi) is 5.09. The highest BCUT2D eigenvalue weighted by Crippen LogP contribution is 2.51. The molecule has 4 aromatic carbocycles. The summed E-state index contributed by atoms with van der Waals surface area (Å²) < 4.78 is 7.04. The van der Waals surface area contributed by atoms with Crippen molar-refractivity contribution >= 4 is 0 Å². The van der Waals surface area contributed by atoms with Crippen LogP contribution in [0.4, 0.5) is 0 Å². The van der Waals surface area contributed by atoms with E-state index in [0.29, 0.717) is 12.4 Å². The SMILES string of the molecule is Oc1ccc(C2(COC(c3ccccc3)(c3ccccc3)c3ccccc3)CC2)cc1. The lowest BCUT2D eigenvalue weighted by Gasteiger charge is -2.37. The summed E-state index contributed by atoms with van der Waals surface area (Å²) in [4.78, 5) is 0. The molecule has 4 aromatic rings. The van der Waals surface area contributed by atoms with Crippen LogP contribution in [0.5, 0.6) is 5.75 Å². The van der Waals surface area contributed by atoms with Gasteiger partial charge in [-0.25, -0.2) is 0 Å². The van der Waals surface area contributed by atoms with Gasteiger partial charge in [-0.05, 0) is 47.2 Å². The van der Waals surface area contributed by atoms with Gasteiger partial charge in [-0.15, -0.1) is 0 Å². The van der Waals surface area contributed by atoms with Crippen molar-refractivity contribution in [1.29, 1.82) is 0 Å². The lowest BCUT2D eigenvalue weighted by Crippen LogP contribution is -2.35. The van der Waals surface area contributed by atoms with E-state index in [1.165, 1.54) is 5.56 Å². The first kappa shape index (κ1) is 19.6. The number of hydrogen-bond donors (Lipinski definition) is 1. The molecule has 154 valence electrons. The molecule has 2 nitrogen and oxygen atoms in total. The Hall–Kier alpha value is -3.36. The molecule has 0 amide bonds. The monoisotopic (exact) mass is 406 g/mol. The molecular weight excluding hydrogens is 380 g/mol. The van der Waals surface area contributed by atoms with E-state index in [4.69, 9.17) is 4.74 Å². The molecule has 1 fully saturated rings. The Labute approximate surface area is 183 Å². The largest absolute Gasteiger partial charge is 0.508 e. The Morgan fingerprint density at radius 3 is 1.42 bits per heavy atom. The topological polar surface area (TPSA) is 29.5 Å². The van der Waals surface area contributed by atoms with Crippen LogP contribution in [0.3, 0.4) is 0 Å². The molecule has 31 heavy (non-hydrogen) atoms. The molecular formula is C29H26O2. The second kappa shape index (κ2) is 8.05. The summed E-state index contributed by atoms with van der Waals surface area (Å²) in [6.07, 6.45) is 2.18. The van der Waals surface area contributed by atoms with E-state index in [0.717, 1.165) is 29.5 Å². The van der Waals surface area contributed by atoms with E-state index in [9.17, 15) is 5.11 Å². The molecule has 0 aromatic heterocycles. The van der Waals surface area contributed by atoms with Gasteiger partial charge in [0.15, 0.2) is 0 Å². The molecule has 0 bridgehead atoms. The lowest BCUT2D eigenvalue weighted by atomic mass is 9.80. The number of benzene rings is 4. The van der Waals surface area contributed by atoms with E-state index < -0.39 is 5.60 Å². The van der Waals surface area contributed by atoms with Crippen molar-refractivity contribution in [2.24, 2.45) is 0 Å². The average molecular weight is 407 g/mol. The molecule has 0 spiro atoms. The Balaban J connectivity index is 1.61. The van der Waals surface area contributed by atoms with Crippen molar-refractivity contribution in [3.05, 3.63) is 138 Å². The van der Waals surface area contributed by atoms with Gasteiger partial charge < -0.3 is 9.84 Å². The predicted molar refractivity (Wildman–Crippen MR) is 124 cm³/mol. The third-order valence-corrected chi connectivity index (χ3v) is 6.44. The molecule has 0 unspecified atom stereocenters. The van der Waals surface area contributed by atoms with Crippen LogP contribution < -0.4 is 0 Å². The molecule has 1 N–H and O–H groups in total. The molecule has 0 saturated heterocycles. The number of hydrogen-bond acceptors (Lipinski definition) is 2. The standard InChI is InChI=1S/C29H26O2/c30-27-18-16-23(17-19-27)28(20-21-28)22-31-29(24-10-4-1-5-11-24,25-12-6-2-7-13-25)26-14-8-3-9-15-26/h1-19,30H,20-22H2. The summed E-state index contributed by atoms with van der Waals surface area (Å²) in [7, 11) is 0. The fourth-order valence-electron chi connectivity index (χ4n) is 4.50. The van der Waals surface area contributed by atoms with Gasteiger partial charge in [0.2, 0.25) is 0 Å². The van der Waals surface area contributed by atoms with Gasteiger partial charge in [-0.1, -0.05) is 103 Å². The van der Waals surface area contributed by atoms with Crippen LogP contribution in [0.25, 0.3) is 0 Å². The Morgan fingerprint density at radius 2 is 1.03 bits per heavy atom. The first-order chi connectivity index (χ1) is 15.2. The number of ether oxygens (including phenoxy) is 1. The first-order valence-corrected chi connectivity index (χ1v) is 10.8. The zero-order valence-corrected chi connectivity index (χ0v) is 17.4. The molecule has 0 aliphatic heterocycles. The molecule has 1 aliphatic carbocycles. The predicted octanol–water partition coefficient (Wildman–Crippen LogP) is 6.43. The average Bonchev–Trinajstić information content (AvgIpc) is 3.63. The van der Waals surface area contributed by atoms with E-state index in [1.807, 2.05) is 30.3 Å². The Morgan fingerprint density at radius 1 is 0.613 bits per heavy atom. The second-order valence-corrected chi connectivity index (χ2v) is 8.40. The normalized spacial score (nSPS) is 14.8. The number of phenols is 1. The maximum absolute atomic E-state index is 9.72. The first-order valence-electron chi connectivity index (χ1n) is 10.8. The number of rotatable bonds is 7. The van der Waals surface area contributed by atoms with Crippen molar-refractivity contribution in [2.45, 2.75) is 23.9 Å². The van der Waals surface area contributed by atoms with Crippen LogP contribution in [0, 0.1) is 0 Å². The highest BCUT2D eigenvalue weighted by molar-refractivity contribution is 5.47. The fourth-order valence-corrected chi connectivity index (χ4v) is 4.50. The molecule has 5 rings (SSSR count). The minimum atomic E-state index is -0.698. The summed E-state index contributed by atoms with van der Waals surface area (Å²) in [5.41, 5.74) is 3.89. The van der Waals surface area contributed by atoms with Crippen LogP contribution in [0.15, 0.2) is 115 Å². The summed E-state index contributed by atoms with van der Waals surface area (Å²) in [6.45, 7) is 0.608. The fraction of sp³-hybridized carbons (Fsp3) is 0.172. The molecule has 1 saturated carbocycles. The van der Waals surface area contributed by atoms with Gasteiger partial charge in [0.1, 0.15) is 11.4 Å². The molecule has 0 heterocycles. The van der Waals surface area contributed by atoms with Gasteiger partial charge in [0, 0.05) is 5.41 Å². The third-order valence-electron chi connectivity index (χ3n) is 6.44. The van der Waals surface area contributed by atoms with Gasteiger partial charge >= 0.3 is 0 Å². The summed E-state index contributed by atoms with van der Waals surface area (Å²) in [5.74, 6) is 0.299. The van der Waals surface area contributed by atoms with Crippen LogP contribution >= 0.6 is 0 Å². The highest BCUT2D eigenvalue weighted by atomic mass is 16.5. The molecule has 0 radical (unpaired) electrons. The second-order valence-electron chi connectivity index (χ2n) is 8.40. The number of aromatic hydroxyl groups is 1. The van der Waals surface area contributed by atoms with Crippen LogP contribution in [-0.4, -0.2) is 11.7 Å². The van der Waals surface area contributed by atoms with E-state index in [1.54, 1.807) is 12.1 Å². The molecule has 2 heteroatoms. The summed E-state index contributed by atoms with van der Waals surface area (Å²) >= 11 is 0. The van der Waals surface area contributed by atoms with Crippen molar-refractivity contribution in [3.63, 3.8) is 0 Å². The van der Waals surface area contributed by atoms with Crippen molar-refractivity contribution in [1.82, 2.24) is 0 Å². The van der Waals surface area contributed by atoms with Gasteiger partial charge in [0.25, 0.3) is 0 Å². The zero-order valence-electron chi connectivity index (χ0n) is 17.4. The maximum atomic E-state index is 9.72. The van der Waals surface area contributed by atoms with Crippen molar-refractivity contribution < 1.29 is 9.84 Å².